The number of hydrogen-bond acceptors (Lipinski definition) is 4. The van der Waals surface area contributed by atoms with E-state index in [1.54, 1.807) is 24.7 Å². The maximum absolute atomic E-state index is 10.7. The van der Waals surface area contributed by atoms with Crippen molar-refractivity contribution in [1.82, 2.24) is 9.97 Å². The number of pyridine rings is 2. The molecule has 0 radical (unpaired) electrons. The third kappa shape index (κ3) is 2.66. The van der Waals surface area contributed by atoms with Crippen LogP contribution >= 0.6 is 0 Å². The highest BCUT2D eigenvalue weighted by Gasteiger charge is 2.02. The van der Waals surface area contributed by atoms with Crippen molar-refractivity contribution in [2.45, 2.75) is 6.92 Å². The lowest BCUT2D eigenvalue weighted by atomic mass is 10.1. The van der Waals surface area contributed by atoms with Crippen molar-refractivity contribution in [3.05, 3.63) is 42.5 Å². The van der Waals surface area contributed by atoms with Crippen LogP contribution in [-0.2, 0) is 0 Å². The van der Waals surface area contributed by atoms with E-state index >= 15 is 0 Å². The summed E-state index contributed by atoms with van der Waals surface area (Å²) in [6, 6.07) is 3.65. The largest absolute Gasteiger partial charge is 0.492 e. The molecular formula is C13H12N2O2. The zero-order chi connectivity index (χ0) is 12.1. The number of nitrogens with zero attached hydrogens (tertiary/aromatic N) is 2. The molecule has 0 amide bonds. The molecule has 0 atom stereocenters. The van der Waals surface area contributed by atoms with Crippen LogP contribution in [0.3, 0.4) is 0 Å². The maximum atomic E-state index is 10.7. The summed E-state index contributed by atoms with van der Waals surface area (Å²) in [5.74, 6) is 0.710. The lowest BCUT2D eigenvalue weighted by Gasteiger charge is -2.05. The minimum atomic E-state index is 0.546. The second-order valence-corrected chi connectivity index (χ2v) is 3.47. The molecule has 17 heavy (non-hydrogen) atoms. The minimum Gasteiger partial charge on any atom is -0.492 e. The molecule has 0 aliphatic rings. The molecule has 0 saturated heterocycles. The third-order valence-electron chi connectivity index (χ3n) is 2.25. The highest BCUT2D eigenvalue weighted by atomic mass is 16.5. The van der Waals surface area contributed by atoms with Gasteiger partial charge in [0.25, 0.3) is 0 Å². The summed E-state index contributed by atoms with van der Waals surface area (Å²) in [6.45, 7) is 2.51. The maximum Gasteiger partial charge on any atom is 0.151 e. The Morgan fingerprint density at radius 2 is 1.82 bits per heavy atom. The summed E-state index contributed by atoms with van der Waals surface area (Å²) in [5, 5.41) is 0. The van der Waals surface area contributed by atoms with Crippen LogP contribution < -0.4 is 4.74 Å². The van der Waals surface area contributed by atoms with E-state index < -0.39 is 0 Å². The Morgan fingerprint density at radius 1 is 1.12 bits per heavy atom. The summed E-state index contributed by atoms with van der Waals surface area (Å²) in [5.41, 5.74) is 2.28. The normalized spacial score (nSPS) is 9.94. The van der Waals surface area contributed by atoms with Crippen molar-refractivity contribution in [2.24, 2.45) is 0 Å². The Morgan fingerprint density at radius 3 is 2.53 bits per heavy atom. The molecule has 4 heteroatoms. The summed E-state index contributed by atoms with van der Waals surface area (Å²) >= 11 is 0. The average Bonchev–Trinajstić information content (AvgIpc) is 2.40. The second-order valence-electron chi connectivity index (χ2n) is 3.47. The first-order chi connectivity index (χ1) is 8.33. The average molecular weight is 228 g/mol. The molecular weight excluding hydrogens is 216 g/mol. The molecule has 0 bridgehead atoms. The van der Waals surface area contributed by atoms with Crippen molar-refractivity contribution in [1.29, 1.82) is 0 Å². The van der Waals surface area contributed by atoms with E-state index in [1.807, 2.05) is 13.0 Å². The van der Waals surface area contributed by atoms with E-state index in [-0.39, 0.29) is 0 Å². The van der Waals surface area contributed by atoms with E-state index in [0.29, 0.717) is 17.9 Å². The van der Waals surface area contributed by atoms with E-state index in [2.05, 4.69) is 9.97 Å². The number of aromatic nitrogens is 2. The first-order valence-electron chi connectivity index (χ1n) is 5.32. The molecule has 2 heterocycles. The Labute approximate surface area is 99.3 Å². The van der Waals surface area contributed by atoms with Crippen LogP contribution in [0.15, 0.2) is 36.9 Å². The molecule has 0 spiro atoms. The fourth-order valence-corrected chi connectivity index (χ4v) is 1.50. The van der Waals surface area contributed by atoms with E-state index in [0.717, 1.165) is 17.4 Å². The molecule has 0 N–H and O–H groups in total. The van der Waals surface area contributed by atoms with Gasteiger partial charge < -0.3 is 4.74 Å². The molecule has 2 aromatic rings. The molecule has 0 aliphatic carbocycles. The molecule has 0 saturated carbocycles. The van der Waals surface area contributed by atoms with E-state index in [1.165, 1.54) is 6.20 Å². The van der Waals surface area contributed by atoms with Crippen LogP contribution in [0.2, 0.25) is 0 Å². The number of aldehydes is 1. The fourth-order valence-electron chi connectivity index (χ4n) is 1.50. The minimum absolute atomic E-state index is 0.546. The van der Waals surface area contributed by atoms with Gasteiger partial charge in [-0.25, -0.2) is 0 Å². The first kappa shape index (κ1) is 11.3. The SMILES string of the molecule is CCOc1cncc(-c2cncc(C=O)c2)c1. The van der Waals surface area contributed by atoms with Gasteiger partial charge in [0.2, 0.25) is 0 Å². The van der Waals surface area contributed by atoms with Gasteiger partial charge in [0, 0.05) is 35.3 Å². The first-order valence-corrected chi connectivity index (χ1v) is 5.32. The van der Waals surface area contributed by atoms with E-state index in [4.69, 9.17) is 4.74 Å². The molecule has 0 unspecified atom stereocenters. The van der Waals surface area contributed by atoms with Gasteiger partial charge in [-0.1, -0.05) is 0 Å². The van der Waals surface area contributed by atoms with E-state index in [9.17, 15) is 4.79 Å². The van der Waals surface area contributed by atoms with Crippen LogP contribution in [0.4, 0.5) is 0 Å². The van der Waals surface area contributed by atoms with Crippen LogP contribution in [0, 0.1) is 0 Å². The van der Waals surface area contributed by atoms with Gasteiger partial charge in [0.05, 0.1) is 12.8 Å². The second kappa shape index (κ2) is 5.21. The van der Waals surface area contributed by atoms with Crippen LogP contribution in [-0.4, -0.2) is 22.9 Å². The van der Waals surface area contributed by atoms with Gasteiger partial charge in [-0.3, -0.25) is 14.8 Å². The fraction of sp³-hybridized carbons (Fsp3) is 0.154. The van der Waals surface area contributed by atoms with Gasteiger partial charge >= 0.3 is 0 Å². The Hall–Kier alpha value is -2.23. The zero-order valence-electron chi connectivity index (χ0n) is 9.46. The molecule has 2 aromatic heterocycles. The van der Waals surface area contributed by atoms with Gasteiger partial charge in [0.15, 0.2) is 6.29 Å². The van der Waals surface area contributed by atoms with Gasteiger partial charge in [0.1, 0.15) is 5.75 Å². The predicted octanol–water partition coefficient (Wildman–Crippen LogP) is 2.35. The van der Waals surface area contributed by atoms with Crippen molar-refractivity contribution < 1.29 is 9.53 Å². The number of carbonyl (C=O) groups is 1. The number of rotatable bonds is 4. The molecule has 86 valence electrons. The summed E-state index contributed by atoms with van der Waals surface area (Å²) in [4.78, 5) is 18.8. The van der Waals surface area contributed by atoms with Gasteiger partial charge in [-0.15, -0.1) is 0 Å². The number of hydrogen-bond donors (Lipinski definition) is 0. The van der Waals surface area contributed by atoms with Gasteiger partial charge in [-0.05, 0) is 19.1 Å². The van der Waals surface area contributed by atoms with Crippen molar-refractivity contribution in [3.63, 3.8) is 0 Å². The molecule has 4 nitrogen and oxygen atoms in total. The van der Waals surface area contributed by atoms with Crippen LogP contribution in [0.5, 0.6) is 5.75 Å². The topological polar surface area (TPSA) is 52.1 Å². The highest BCUT2D eigenvalue weighted by Crippen LogP contribution is 2.22. The Balaban J connectivity index is 2.37. The predicted molar refractivity (Wildman–Crippen MR) is 64.0 cm³/mol. The lowest BCUT2D eigenvalue weighted by molar-refractivity contribution is 0.112. The third-order valence-corrected chi connectivity index (χ3v) is 2.25. The quantitative estimate of drug-likeness (QED) is 0.754. The summed E-state index contributed by atoms with van der Waals surface area (Å²) in [6.07, 6.45) is 7.37. The lowest BCUT2D eigenvalue weighted by Crippen LogP contribution is -1.93. The van der Waals surface area contributed by atoms with Crippen molar-refractivity contribution >= 4 is 6.29 Å². The highest BCUT2D eigenvalue weighted by molar-refractivity contribution is 5.77. The number of carbonyl (C=O) groups excluding carboxylic acids is 1. The smallest absolute Gasteiger partial charge is 0.151 e. The number of ether oxygens (including phenoxy) is 1. The molecule has 0 aromatic carbocycles. The van der Waals surface area contributed by atoms with Gasteiger partial charge in [-0.2, -0.15) is 0 Å². The molecule has 0 fully saturated rings. The monoisotopic (exact) mass is 228 g/mol. The van der Waals surface area contributed by atoms with Crippen molar-refractivity contribution in [2.75, 3.05) is 6.61 Å². The van der Waals surface area contributed by atoms with Crippen molar-refractivity contribution in [3.8, 4) is 16.9 Å². The van der Waals surface area contributed by atoms with Crippen LogP contribution in [0.25, 0.3) is 11.1 Å². The summed E-state index contributed by atoms with van der Waals surface area (Å²) < 4.78 is 5.37. The zero-order valence-corrected chi connectivity index (χ0v) is 9.46. The molecule has 2 rings (SSSR count). The standard InChI is InChI=1S/C13H12N2O2/c1-2-17-13-4-12(7-15-8-13)11-3-10(9-16)5-14-6-11/h3-9H,2H2,1H3. The Kier molecular flexibility index (Phi) is 3.45. The Bertz CT molecular complexity index is 526. The molecule has 0 aliphatic heterocycles. The summed E-state index contributed by atoms with van der Waals surface area (Å²) in [7, 11) is 0. The van der Waals surface area contributed by atoms with Crippen LogP contribution in [0.1, 0.15) is 17.3 Å².